The zero-order valence-electron chi connectivity index (χ0n) is 10.6. The van der Waals surface area contributed by atoms with Gasteiger partial charge in [0.15, 0.2) is 0 Å². The Morgan fingerprint density at radius 1 is 1.60 bits per heavy atom. The zero-order chi connectivity index (χ0) is 11.6. The molecule has 0 amide bonds. The minimum atomic E-state index is -0.194. The lowest BCUT2D eigenvalue weighted by atomic mass is 9.75. The van der Waals surface area contributed by atoms with E-state index in [0.717, 1.165) is 12.8 Å². The van der Waals surface area contributed by atoms with Crippen LogP contribution in [-0.2, 0) is 0 Å². The van der Waals surface area contributed by atoms with Crippen LogP contribution < -0.4 is 0 Å². The number of hydrogen-bond donors (Lipinski definition) is 1. The van der Waals surface area contributed by atoms with Crippen LogP contribution in [0.15, 0.2) is 23.3 Å². The first-order chi connectivity index (χ1) is 6.88. The van der Waals surface area contributed by atoms with Crippen molar-refractivity contribution in [3.8, 4) is 0 Å². The minimum Gasteiger partial charge on any atom is -0.393 e. The summed E-state index contributed by atoms with van der Waals surface area (Å²) < 4.78 is 0. The fraction of sp³-hybridized carbons (Fsp3) is 0.714. The van der Waals surface area contributed by atoms with E-state index >= 15 is 0 Å². The van der Waals surface area contributed by atoms with E-state index in [0.29, 0.717) is 0 Å². The summed E-state index contributed by atoms with van der Waals surface area (Å²) in [6.07, 6.45) is 4.09. The number of allylic oxidation sites excluding steroid dienone is 3. The molecule has 0 spiro atoms. The van der Waals surface area contributed by atoms with Gasteiger partial charge < -0.3 is 5.11 Å². The van der Waals surface area contributed by atoms with Gasteiger partial charge in [-0.3, -0.25) is 0 Å². The highest BCUT2D eigenvalue weighted by atomic mass is 16.3. The maximum Gasteiger partial charge on any atom is 0.0515 e. The highest BCUT2D eigenvalue weighted by Gasteiger charge is 2.35. The molecule has 0 heterocycles. The van der Waals surface area contributed by atoms with Crippen LogP contribution in [-0.4, -0.2) is 11.2 Å². The molecule has 15 heavy (non-hydrogen) atoms. The second-order valence-corrected chi connectivity index (χ2v) is 5.26. The van der Waals surface area contributed by atoms with E-state index in [4.69, 9.17) is 0 Å². The van der Waals surface area contributed by atoms with Crippen LogP contribution in [0.5, 0.6) is 0 Å². The van der Waals surface area contributed by atoms with E-state index in [2.05, 4.69) is 27.4 Å². The molecule has 0 aliphatic heterocycles. The molecule has 1 N–H and O–H groups in total. The number of rotatable bonds is 4. The van der Waals surface area contributed by atoms with Gasteiger partial charge in [-0.1, -0.05) is 30.2 Å². The zero-order valence-corrected chi connectivity index (χ0v) is 10.6. The maximum atomic E-state index is 9.36. The third-order valence-corrected chi connectivity index (χ3v) is 3.94. The molecule has 0 saturated heterocycles. The number of aliphatic hydroxyl groups is 1. The van der Waals surface area contributed by atoms with Crippen molar-refractivity contribution in [2.45, 2.75) is 59.5 Å². The third-order valence-electron chi connectivity index (χ3n) is 3.94. The first kappa shape index (κ1) is 12.5. The molecule has 1 rings (SSSR count). The number of aliphatic hydroxyl groups excluding tert-OH is 1. The molecule has 1 aliphatic carbocycles. The van der Waals surface area contributed by atoms with Crippen molar-refractivity contribution in [2.75, 3.05) is 0 Å². The van der Waals surface area contributed by atoms with Crippen molar-refractivity contribution in [3.63, 3.8) is 0 Å². The Morgan fingerprint density at radius 3 is 2.67 bits per heavy atom. The monoisotopic (exact) mass is 208 g/mol. The summed E-state index contributed by atoms with van der Waals surface area (Å²) in [6, 6.07) is 0. The molecule has 0 aromatic carbocycles. The predicted molar refractivity (Wildman–Crippen MR) is 65.8 cm³/mol. The van der Waals surface area contributed by atoms with Crippen molar-refractivity contribution in [2.24, 2.45) is 5.41 Å². The molecule has 0 aromatic heterocycles. The summed E-state index contributed by atoms with van der Waals surface area (Å²) in [5.41, 5.74) is 4.50. The SMILES string of the molecule is C=C(C)[C@@]1(C)CCC(C)=C1CC[C@H](C)O. The van der Waals surface area contributed by atoms with Gasteiger partial charge in [0.1, 0.15) is 0 Å². The molecule has 0 aromatic rings. The molecule has 0 bridgehead atoms. The van der Waals surface area contributed by atoms with Crippen LogP contribution >= 0.6 is 0 Å². The van der Waals surface area contributed by atoms with Crippen molar-refractivity contribution in [1.29, 1.82) is 0 Å². The van der Waals surface area contributed by atoms with E-state index in [1.807, 2.05) is 6.92 Å². The summed E-state index contributed by atoms with van der Waals surface area (Å²) >= 11 is 0. The van der Waals surface area contributed by atoms with Gasteiger partial charge in [-0.05, 0) is 46.5 Å². The molecule has 0 saturated carbocycles. The lowest BCUT2D eigenvalue weighted by molar-refractivity contribution is 0.183. The van der Waals surface area contributed by atoms with E-state index < -0.39 is 0 Å². The summed E-state index contributed by atoms with van der Waals surface area (Å²) in [7, 11) is 0. The van der Waals surface area contributed by atoms with Crippen molar-refractivity contribution in [3.05, 3.63) is 23.3 Å². The maximum absolute atomic E-state index is 9.36. The highest BCUT2D eigenvalue weighted by Crippen LogP contribution is 2.49. The van der Waals surface area contributed by atoms with Gasteiger partial charge in [0.2, 0.25) is 0 Å². The van der Waals surface area contributed by atoms with E-state index in [1.54, 1.807) is 0 Å². The normalized spacial score (nSPS) is 28.3. The molecule has 0 radical (unpaired) electrons. The lowest BCUT2D eigenvalue weighted by Gasteiger charge is -2.29. The second kappa shape index (κ2) is 4.52. The van der Waals surface area contributed by atoms with Gasteiger partial charge in [0.05, 0.1) is 6.10 Å². The van der Waals surface area contributed by atoms with Crippen LogP contribution in [0.4, 0.5) is 0 Å². The average molecular weight is 208 g/mol. The third kappa shape index (κ3) is 2.52. The molecular formula is C14H24O. The van der Waals surface area contributed by atoms with Crippen molar-refractivity contribution >= 4 is 0 Å². The average Bonchev–Trinajstić information content (AvgIpc) is 2.41. The Kier molecular flexibility index (Phi) is 3.77. The van der Waals surface area contributed by atoms with E-state index in [9.17, 15) is 5.11 Å². The van der Waals surface area contributed by atoms with Crippen molar-refractivity contribution < 1.29 is 5.11 Å². The Bertz CT molecular complexity index is 286. The van der Waals surface area contributed by atoms with Gasteiger partial charge in [0, 0.05) is 5.41 Å². The first-order valence-electron chi connectivity index (χ1n) is 5.91. The summed E-state index contributed by atoms with van der Waals surface area (Å²) in [6.45, 7) is 12.6. The molecule has 0 fully saturated rings. The molecule has 1 nitrogen and oxygen atoms in total. The molecule has 86 valence electrons. The second-order valence-electron chi connectivity index (χ2n) is 5.26. The predicted octanol–water partition coefficient (Wildman–Crippen LogP) is 3.84. The molecule has 1 heteroatoms. The topological polar surface area (TPSA) is 20.2 Å². The summed E-state index contributed by atoms with van der Waals surface area (Å²) in [5.74, 6) is 0. The lowest BCUT2D eigenvalue weighted by Crippen LogP contribution is -2.18. The quantitative estimate of drug-likeness (QED) is 0.696. The fourth-order valence-corrected chi connectivity index (χ4v) is 2.52. The standard InChI is InChI=1S/C14H24O/c1-10(2)14(5)9-8-11(3)13(14)7-6-12(4)15/h12,15H,1,6-9H2,2-5H3/t12-,14+/m0/s1. The fourth-order valence-electron chi connectivity index (χ4n) is 2.52. The van der Waals surface area contributed by atoms with Crippen LogP contribution in [0.2, 0.25) is 0 Å². The van der Waals surface area contributed by atoms with Gasteiger partial charge in [0.25, 0.3) is 0 Å². The van der Waals surface area contributed by atoms with E-state index in [-0.39, 0.29) is 11.5 Å². The Balaban J connectivity index is 2.81. The van der Waals surface area contributed by atoms with Gasteiger partial charge in [-0.25, -0.2) is 0 Å². The van der Waals surface area contributed by atoms with Gasteiger partial charge >= 0.3 is 0 Å². The van der Waals surface area contributed by atoms with Gasteiger partial charge in [-0.15, -0.1) is 0 Å². The van der Waals surface area contributed by atoms with Crippen LogP contribution in [0.25, 0.3) is 0 Å². The molecule has 2 atom stereocenters. The summed E-state index contributed by atoms with van der Waals surface area (Å²) in [4.78, 5) is 0. The molecular weight excluding hydrogens is 184 g/mol. The molecule has 1 aliphatic rings. The Morgan fingerprint density at radius 2 is 2.20 bits per heavy atom. The van der Waals surface area contributed by atoms with Crippen LogP contribution in [0.3, 0.4) is 0 Å². The largest absolute Gasteiger partial charge is 0.393 e. The summed E-state index contributed by atoms with van der Waals surface area (Å²) in [5, 5.41) is 9.36. The first-order valence-corrected chi connectivity index (χ1v) is 5.91. The van der Waals surface area contributed by atoms with Crippen LogP contribution in [0.1, 0.15) is 53.4 Å². The Hall–Kier alpha value is -0.560. The van der Waals surface area contributed by atoms with Crippen molar-refractivity contribution in [1.82, 2.24) is 0 Å². The van der Waals surface area contributed by atoms with Gasteiger partial charge in [-0.2, -0.15) is 0 Å². The minimum absolute atomic E-state index is 0.193. The number of hydrogen-bond acceptors (Lipinski definition) is 1. The molecule has 0 unspecified atom stereocenters. The van der Waals surface area contributed by atoms with Crippen LogP contribution in [0, 0.1) is 5.41 Å². The Labute approximate surface area is 93.9 Å². The smallest absolute Gasteiger partial charge is 0.0515 e. The highest BCUT2D eigenvalue weighted by molar-refractivity contribution is 5.34. The van der Waals surface area contributed by atoms with E-state index in [1.165, 1.54) is 29.6 Å².